The lowest BCUT2D eigenvalue weighted by Gasteiger charge is -2.03. The number of halogens is 1. The van der Waals surface area contributed by atoms with Crippen molar-refractivity contribution in [2.24, 2.45) is 0 Å². The number of nitro benzene ring substituents is 1. The number of aromatic hydroxyl groups is 1. The predicted octanol–water partition coefficient (Wildman–Crippen LogP) is 2.07. The van der Waals surface area contributed by atoms with Gasteiger partial charge in [-0.15, -0.1) is 0 Å². The van der Waals surface area contributed by atoms with Crippen LogP contribution in [0.2, 0.25) is 0 Å². The average molecular weight is 248 g/mol. The van der Waals surface area contributed by atoms with Crippen molar-refractivity contribution >= 4 is 21.6 Å². The van der Waals surface area contributed by atoms with Crippen LogP contribution in [0.5, 0.6) is 11.5 Å². The van der Waals surface area contributed by atoms with Crippen molar-refractivity contribution in [3.05, 3.63) is 26.7 Å². The molecule has 0 saturated carbocycles. The molecule has 1 aromatic carbocycles. The molecule has 0 aliphatic carbocycles. The van der Waals surface area contributed by atoms with Crippen LogP contribution in [0, 0.1) is 10.1 Å². The first-order chi connectivity index (χ1) is 6.06. The summed E-state index contributed by atoms with van der Waals surface area (Å²) in [5.41, 5.74) is -0.196. The third kappa shape index (κ3) is 1.89. The Balaban J connectivity index is 3.28. The molecular weight excluding hydrogens is 242 g/mol. The molecule has 0 bridgehead atoms. The Morgan fingerprint density at radius 1 is 1.62 bits per heavy atom. The van der Waals surface area contributed by atoms with Gasteiger partial charge in [0.05, 0.1) is 22.6 Å². The summed E-state index contributed by atoms with van der Waals surface area (Å²) in [6.45, 7) is 0. The van der Waals surface area contributed by atoms with E-state index >= 15 is 0 Å². The molecule has 0 amide bonds. The van der Waals surface area contributed by atoms with Gasteiger partial charge in [0.2, 0.25) is 0 Å². The highest BCUT2D eigenvalue weighted by atomic mass is 79.9. The van der Waals surface area contributed by atoms with Gasteiger partial charge >= 0.3 is 0 Å². The molecule has 0 unspecified atom stereocenters. The zero-order chi connectivity index (χ0) is 10.0. The number of nitrogens with zero attached hydrogens (tertiary/aromatic N) is 1. The summed E-state index contributed by atoms with van der Waals surface area (Å²) in [5, 5.41) is 19.6. The lowest BCUT2D eigenvalue weighted by Crippen LogP contribution is -1.91. The molecule has 0 spiro atoms. The van der Waals surface area contributed by atoms with E-state index in [1.165, 1.54) is 13.2 Å². The minimum absolute atomic E-state index is 0.192. The molecule has 0 radical (unpaired) electrons. The molecule has 0 aromatic heterocycles. The van der Waals surface area contributed by atoms with Crippen molar-refractivity contribution in [1.29, 1.82) is 0 Å². The van der Waals surface area contributed by atoms with Crippen LogP contribution in [0.15, 0.2) is 16.6 Å². The topological polar surface area (TPSA) is 72.6 Å². The molecule has 1 rings (SSSR count). The SMILES string of the molecule is COc1cc(Br)c([N+](=O)[O-])cc1O. The minimum atomic E-state index is -0.594. The molecule has 70 valence electrons. The molecule has 1 N–H and O–H groups in total. The minimum Gasteiger partial charge on any atom is -0.504 e. The number of phenolic OH excluding ortho intramolecular Hbond substituents is 1. The summed E-state index contributed by atoms with van der Waals surface area (Å²) in [5.74, 6) is -0.0603. The second-order valence-corrected chi connectivity index (χ2v) is 3.09. The molecule has 0 saturated heterocycles. The standard InChI is InChI=1S/C7H6BrNO4/c1-13-7-2-4(8)5(9(11)12)3-6(7)10/h2-3,10H,1H3. The third-order valence-corrected chi connectivity index (χ3v) is 2.08. The second-order valence-electron chi connectivity index (χ2n) is 2.23. The van der Waals surface area contributed by atoms with Crippen LogP contribution >= 0.6 is 15.9 Å². The first kappa shape index (κ1) is 9.79. The van der Waals surface area contributed by atoms with E-state index in [1.807, 2.05) is 0 Å². The molecule has 5 nitrogen and oxygen atoms in total. The third-order valence-electron chi connectivity index (χ3n) is 1.45. The van der Waals surface area contributed by atoms with Crippen molar-refractivity contribution < 1.29 is 14.8 Å². The Morgan fingerprint density at radius 3 is 2.69 bits per heavy atom. The van der Waals surface area contributed by atoms with Crippen LogP contribution in [-0.4, -0.2) is 17.1 Å². The van der Waals surface area contributed by atoms with Crippen LogP contribution in [0.3, 0.4) is 0 Å². The first-order valence-electron chi connectivity index (χ1n) is 3.27. The maximum atomic E-state index is 10.4. The quantitative estimate of drug-likeness (QED) is 0.642. The fourth-order valence-corrected chi connectivity index (χ4v) is 1.30. The van der Waals surface area contributed by atoms with E-state index in [1.54, 1.807) is 0 Å². The van der Waals surface area contributed by atoms with Gasteiger partial charge in [0, 0.05) is 6.07 Å². The van der Waals surface area contributed by atoms with Gasteiger partial charge in [0.25, 0.3) is 5.69 Å². The molecule has 0 fully saturated rings. The molecule has 0 atom stereocenters. The summed E-state index contributed by atoms with van der Waals surface area (Å²) in [6.07, 6.45) is 0. The number of ether oxygens (including phenoxy) is 1. The van der Waals surface area contributed by atoms with Crippen molar-refractivity contribution in [1.82, 2.24) is 0 Å². The summed E-state index contributed by atoms with van der Waals surface area (Å²) >= 11 is 2.99. The van der Waals surface area contributed by atoms with Crippen molar-refractivity contribution in [2.75, 3.05) is 7.11 Å². The molecule has 13 heavy (non-hydrogen) atoms. The highest BCUT2D eigenvalue weighted by molar-refractivity contribution is 9.10. The predicted molar refractivity (Wildman–Crippen MR) is 49.0 cm³/mol. The number of methoxy groups -OCH3 is 1. The van der Waals surface area contributed by atoms with Gasteiger partial charge in [0.1, 0.15) is 0 Å². The summed E-state index contributed by atoms with van der Waals surface area (Å²) in [4.78, 5) is 9.80. The largest absolute Gasteiger partial charge is 0.504 e. The number of rotatable bonds is 2. The lowest BCUT2D eigenvalue weighted by atomic mass is 10.3. The summed E-state index contributed by atoms with van der Waals surface area (Å²) < 4.78 is 5.03. The molecule has 1 aromatic rings. The lowest BCUT2D eigenvalue weighted by molar-refractivity contribution is -0.385. The van der Waals surface area contributed by atoms with Crippen molar-refractivity contribution in [3.63, 3.8) is 0 Å². The van der Waals surface area contributed by atoms with Crippen LogP contribution in [-0.2, 0) is 0 Å². The van der Waals surface area contributed by atoms with Gasteiger partial charge in [-0.1, -0.05) is 0 Å². The Kier molecular flexibility index (Phi) is 2.72. The second kappa shape index (κ2) is 3.61. The monoisotopic (exact) mass is 247 g/mol. The fourth-order valence-electron chi connectivity index (χ4n) is 0.836. The Morgan fingerprint density at radius 2 is 2.23 bits per heavy atom. The number of phenols is 1. The number of hydrogen-bond donors (Lipinski definition) is 1. The van der Waals surface area contributed by atoms with E-state index in [2.05, 4.69) is 15.9 Å². The highest BCUT2D eigenvalue weighted by Gasteiger charge is 2.16. The molecule has 6 heteroatoms. The van der Waals surface area contributed by atoms with E-state index in [-0.39, 0.29) is 21.7 Å². The van der Waals surface area contributed by atoms with E-state index in [0.29, 0.717) is 0 Å². The zero-order valence-corrected chi connectivity index (χ0v) is 8.24. The smallest absolute Gasteiger partial charge is 0.287 e. The summed E-state index contributed by atoms with van der Waals surface area (Å²) in [6, 6.07) is 2.37. The van der Waals surface area contributed by atoms with Crippen LogP contribution in [0.25, 0.3) is 0 Å². The van der Waals surface area contributed by atoms with Gasteiger partial charge in [-0.2, -0.15) is 0 Å². The zero-order valence-electron chi connectivity index (χ0n) is 6.65. The molecular formula is C7H6BrNO4. The van der Waals surface area contributed by atoms with E-state index < -0.39 is 4.92 Å². The molecule has 0 aliphatic rings. The van der Waals surface area contributed by atoms with E-state index in [0.717, 1.165) is 6.07 Å². The molecule has 0 heterocycles. The number of hydrogen-bond acceptors (Lipinski definition) is 4. The van der Waals surface area contributed by atoms with Crippen LogP contribution in [0.4, 0.5) is 5.69 Å². The van der Waals surface area contributed by atoms with E-state index in [4.69, 9.17) is 4.74 Å². The van der Waals surface area contributed by atoms with Crippen molar-refractivity contribution in [3.8, 4) is 11.5 Å². The van der Waals surface area contributed by atoms with Crippen LogP contribution < -0.4 is 4.74 Å². The Hall–Kier alpha value is -1.30. The Bertz CT molecular complexity index is 353. The van der Waals surface area contributed by atoms with Gasteiger partial charge in [0.15, 0.2) is 11.5 Å². The van der Waals surface area contributed by atoms with Gasteiger partial charge in [-0.25, -0.2) is 0 Å². The number of benzene rings is 1. The maximum absolute atomic E-state index is 10.4. The van der Waals surface area contributed by atoms with Gasteiger partial charge < -0.3 is 9.84 Å². The average Bonchev–Trinajstić information content (AvgIpc) is 2.07. The first-order valence-corrected chi connectivity index (χ1v) is 4.06. The van der Waals surface area contributed by atoms with E-state index in [9.17, 15) is 15.2 Å². The normalized spacial score (nSPS) is 9.69. The molecule has 0 aliphatic heterocycles. The van der Waals surface area contributed by atoms with Crippen LogP contribution in [0.1, 0.15) is 0 Å². The highest BCUT2D eigenvalue weighted by Crippen LogP contribution is 2.36. The van der Waals surface area contributed by atoms with Gasteiger partial charge in [-0.3, -0.25) is 10.1 Å². The number of nitro groups is 1. The summed E-state index contributed by atoms with van der Waals surface area (Å²) in [7, 11) is 1.37. The Labute approximate surface area is 82.2 Å². The van der Waals surface area contributed by atoms with Gasteiger partial charge in [-0.05, 0) is 15.9 Å². The maximum Gasteiger partial charge on any atom is 0.287 e. The fraction of sp³-hybridized carbons (Fsp3) is 0.143. The van der Waals surface area contributed by atoms with Crippen molar-refractivity contribution in [2.45, 2.75) is 0 Å².